The van der Waals surface area contributed by atoms with Crippen molar-refractivity contribution in [3.8, 4) is 11.5 Å². The number of nitrogens with one attached hydrogen (secondary N) is 1. The Bertz CT molecular complexity index is 633. The molecule has 0 radical (unpaired) electrons. The number of rotatable bonds is 5. The average Bonchev–Trinajstić information content (AvgIpc) is 3.01. The molecule has 0 amide bonds. The Balaban J connectivity index is 1.60. The molecule has 0 atom stereocenters. The lowest BCUT2D eigenvalue weighted by atomic mass is 10.2. The van der Waals surface area contributed by atoms with Crippen LogP contribution in [0.1, 0.15) is 5.56 Å². The van der Waals surface area contributed by atoms with Crippen molar-refractivity contribution in [1.29, 1.82) is 0 Å². The number of para-hydroxylation sites is 1. The lowest BCUT2D eigenvalue weighted by molar-refractivity contribution is 0.483. The first-order chi connectivity index (χ1) is 9.90. The molecule has 1 heterocycles. The van der Waals surface area contributed by atoms with Crippen LogP contribution in [0.5, 0.6) is 11.5 Å². The van der Waals surface area contributed by atoms with Gasteiger partial charge in [-0.3, -0.25) is 0 Å². The van der Waals surface area contributed by atoms with Gasteiger partial charge in [-0.2, -0.15) is 11.3 Å². The summed E-state index contributed by atoms with van der Waals surface area (Å²) < 4.78 is 5.76. The van der Waals surface area contributed by atoms with E-state index < -0.39 is 0 Å². The first-order valence-corrected chi connectivity index (χ1v) is 7.42. The summed E-state index contributed by atoms with van der Waals surface area (Å²) in [6.45, 7) is 0.850. The third-order valence-corrected chi connectivity index (χ3v) is 3.64. The maximum Gasteiger partial charge on any atom is 0.127 e. The van der Waals surface area contributed by atoms with Crippen LogP contribution in [0.2, 0.25) is 0 Å². The quantitative estimate of drug-likeness (QED) is 0.698. The highest BCUT2D eigenvalue weighted by Gasteiger charge is 1.98. The van der Waals surface area contributed by atoms with E-state index in [1.165, 1.54) is 5.56 Å². The van der Waals surface area contributed by atoms with E-state index in [-0.39, 0.29) is 0 Å². The molecule has 0 unspecified atom stereocenters. The predicted octanol–water partition coefficient (Wildman–Crippen LogP) is 5.15. The molecule has 2 aromatic carbocycles. The molecule has 0 aliphatic carbocycles. The predicted molar refractivity (Wildman–Crippen MR) is 84.6 cm³/mol. The summed E-state index contributed by atoms with van der Waals surface area (Å²) in [5, 5.41) is 7.63. The molecule has 20 heavy (non-hydrogen) atoms. The van der Waals surface area contributed by atoms with Gasteiger partial charge in [-0.1, -0.05) is 18.2 Å². The molecule has 3 rings (SSSR count). The molecular weight excluding hydrogens is 266 g/mol. The number of hydrogen-bond donors (Lipinski definition) is 1. The summed E-state index contributed by atoms with van der Waals surface area (Å²) in [6, 6.07) is 19.9. The molecule has 0 fully saturated rings. The zero-order chi connectivity index (χ0) is 13.6. The fourth-order valence-electron chi connectivity index (χ4n) is 1.86. The van der Waals surface area contributed by atoms with Crippen molar-refractivity contribution < 1.29 is 4.74 Å². The Morgan fingerprint density at radius 1 is 0.850 bits per heavy atom. The van der Waals surface area contributed by atoms with Crippen molar-refractivity contribution in [2.24, 2.45) is 0 Å². The molecule has 0 aliphatic heterocycles. The zero-order valence-corrected chi connectivity index (χ0v) is 11.8. The zero-order valence-electron chi connectivity index (χ0n) is 11.0. The normalized spacial score (nSPS) is 10.2. The van der Waals surface area contributed by atoms with Gasteiger partial charge in [0.1, 0.15) is 11.5 Å². The molecule has 0 bridgehead atoms. The largest absolute Gasteiger partial charge is 0.457 e. The van der Waals surface area contributed by atoms with E-state index in [4.69, 9.17) is 4.74 Å². The van der Waals surface area contributed by atoms with Crippen LogP contribution in [0.15, 0.2) is 71.4 Å². The minimum atomic E-state index is 0.845. The second kappa shape index (κ2) is 6.26. The highest BCUT2D eigenvalue weighted by atomic mass is 32.1. The van der Waals surface area contributed by atoms with Gasteiger partial charge in [0.15, 0.2) is 0 Å². The fraction of sp³-hybridized carbons (Fsp3) is 0.0588. The smallest absolute Gasteiger partial charge is 0.127 e. The van der Waals surface area contributed by atoms with Gasteiger partial charge in [0.05, 0.1) is 0 Å². The lowest BCUT2D eigenvalue weighted by Crippen LogP contribution is -1.97. The third-order valence-electron chi connectivity index (χ3n) is 2.91. The molecular formula is C17H15NOS. The van der Waals surface area contributed by atoms with Crippen LogP contribution in [0, 0.1) is 0 Å². The topological polar surface area (TPSA) is 21.3 Å². The van der Waals surface area contributed by atoms with Gasteiger partial charge in [0.2, 0.25) is 0 Å². The molecule has 0 spiro atoms. The molecule has 100 valence electrons. The number of anilines is 1. The van der Waals surface area contributed by atoms with Crippen molar-refractivity contribution in [2.75, 3.05) is 5.32 Å². The molecule has 3 aromatic rings. The second-order valence-electron chi connectivity index (χ2n) is 4.42. The van der Waals surface area contributed by atoms with Gasteiger partial charge in [-0.25, -0.2) is 0 Å². The Morgan fingerprint density at radius 3 is 2.30 bits per heavy atom. The fourth-order valence-corrected chi connectivity index (χ4v) is 2.53. The lowest BCUT2D eigenvalue weighted by Gasteiger charge is -2.08. The van der Waals surface area contributed by atoms with Crippen molar-refractivity contribution >= 4 is 17.0 Å². The van der Waals surface area contributed by atoms with E-state index in [1.54, 1.807) is 11.3 Å². The maximum atomic E-state index is 5.76. The third kappa shape index (κ3) is 3.39. The number of thiophene rings is 1. The molecule has 2 nitrogen and oxygen atoms in total. The van der Waals surface area contributed by atoms with Gasteiger partial charge in [-0.05, 0) is 58.8 Å². The number of ether oxygens (including phenoxy) is 1. The van der Waals surface area contributed by atoms with Crippen LogP contribution in [0.25, 0.3) is 0 Å². The van der Waals surface area contributed by atoms with Crippen LogP contribution >= 0.6 is 11.3 Å². The number of hydrogen-bond acceptors (Lipinski definition) is 3. The summed E-state index contributed by atoms with van der Waals surface area (Å²) in [6.07, 6.45) is 0. The summed E-state index contributed by atoms with van der Waals surface area (Å²) in [4.78, 5) is 0. The van der Waals surface area contributed by atoms with Gasteiger partial charge in [0, 0.05) is 12.2 Å². The van der Waals surface area contributed by atoms with Crippen LogP contribution in [-0.2, 0) is 6.54 Å². The molecule has 3 heteroatoms. The summed E-state index contributed by atoms with van der Waals surface area (Å²) in [7, 11) is 0. The van der Waals surface area contributed by atoms with Gasteiger partial charge >= 0.3 is 0 Å². The summed E-state index contributed by atoms with van der Waals surface area (Å²) in [5.41, 5.74) is 2.40. The second-order valence-corrected chi connectivity index (χ2v) is 5.20. The van der Waals surface area contributed by atoms with Crippen molar-refractivity contribution in [2.45, 2.75) is 6.54 Å². The minimum absolute atomic E-state index is 0.845. The van der Waals surface area contributed by atoms with Crippen molar-refractivity contribution in [3.63, 3.8) is 0 Å². The Kier molecular flexibility index (Phi) is 3.99. The van der Waals surface area contributed by atoms with Crippen LogP contribution < -0.4 is 10.1 Å². The monoisotopic (exact) mass is 281 g/mol. The van der Waals surface area contributed by atoms with Crippen molar-refractivity contribution in [1.82, 2.24) is 0 Å². The van der Waals surface area contributed by atoms with Crippen LogP contribution in [-0.4, -0.2) is 0 Å². The van der Waals surface area contributed by atoms with Gasteiger partial charge in [-0.15, -0.1) is 0 Å². The molecule has 0 saturated heterocycles. The van der Waals surface area contributed by atoms with Crippen LogP contribution in [0.4, 0.5) is 5.69 Å². The van der Waals surface area contributed by atoms with E-state index in [1.807, 2.05) is 54.6 Å². The maximum absolute atomic E-state index is 5.76. The molecule has 0 saturated carbocycles. The first kappa shape index (κ1) is 12.8. The minimum Gasteiger partial charge on any atom is -0.457 e. The Morgan fingerprint density at radius 2 is 1.60 bits per heavy atom. The van der Waals surface area contributed by atoms with Gasteiger partial charge < -0.3 is 10.1 Å². The van der Waals surface area contributed by atoms with Crippen molar-refractivity contribution in [3.05, 3.63) is 77.0 Å². The van der Waals surface area contributed by atoms with Crippen LogP contribution in [0.3, 0.4) is 0 Å². The Labute approximate surface area is 122 Å². The molecule has 1 N–H and O–H groups in total. The van der Waals surface area contributed by atoms with Gasteiger partial charge in [0.25, 0.3) is 0 Å². The SMILES string of the molecule is c1ccc(Oc2ccc(NCc3ccsc3)cc2)cc1. The van der Waals surface area contributed by atoms with E-state index in [0.29, 0.717) is 0 Å². The first-order valence-electron chi connectivity index (χ1n) is 6.48. The molecule has 1 aromatic heterocycles. The average molecular weight is 281 g/mol. The standard InChI is InChI=1S/C17H15NOS/c1-2-4-16(5-3-1)19-17-8-6-15(7-9-17)18-12-14-10-11-20-13-14/h1-11,13,18H,12H2. The summed E-state index contributed by atoms with van der Waals surface area (Å²) >= 11 is 1.72. The summed E-state index contributed by atoms with van der Waals surface area (Å²) in [5.74, 6) is 1.70. The Hall–Kier alpha value is -2.26. The van der Waals surface area contributed by atoms with E-state index in [9.17, 15) is 0 Å². The van der Waals surface area contributed by atoms with E-state index >= 15 is 0 Å². The number of benzene rings is 2. The highest BCUT2D eigenvalue weighted by molar-refractivity contribution is 7.07. The highest BCUT2D eigenvalue weighted by Crippen LogP contribution is 2.22. The molecule has 0 aliphatic rings. The van der Waals surface area contributed by atoms with E-state index in [0.717, 1.165) is 23.7 Å². The van der Waals surface area contributed by atoms with E-state index in [2.05, 4.69) is 22.1 Å².